The number of nitrogens with one attached hydrogen (secondary N) is 1. The fraction of sp³-hybridized carbons (Fsp3) is 0.900. The molecule has 15 heavy (non-hydrogen) atoms. The smallest absolute Gasteiger partial charge is 0.233 e. The van der Waals surface area contributed by atoms with Gasteiger partial charge in [-0.25, -0.2) is 0 Å². The Bertz CT molecular complexity index is 184. The van der Waals surface area contributed by atoms with E-state index in [4.69, 9.17) is 9.84 Å². The molecule has 1 heterocycles. The number of amides is 1. The van der Waals surface area contributed by atoms with Crippen LogP contribution in [0.15, 0.2) is 0 Å². The minimum Gasteiger partial charge on any atom is -0.394 e. The molecule has 0 spiro atoms. The Labute approximate surface area is 94.8 Å². The first-order valence-corrected chi connectivity index (χ1v) is 6.47. The van der Waals surface area contributed by atoms with Crippen LogP contribution in [0.5, 0.6) is 0 Å². The number of rotatable bonds is 7. The molecule has 1 aliphatic heterocycles. The van der Waals surface area contributed by atoms with Gasteiger partial charge in [-0.2, -0.15) is 0 Å². The maximum atomic E-state index is 11.5. The van der Waals surface area contributed by atoms with E-state index in [1.165, 1.54) is 0 Å². The van der Waals surface area contributed by atoms with E-state index in [2.05, 4.69) is 5.32 Å². The van der Waals surface area contributed by atoms with Crippen molar-refractivity contribution in [3.8, 4) is 0 Å². The van der Waals surface area contributed by atoms with Crippen LogP contribution in [0, 0.1) is 0 Å². The van der Waals surface area contributed by atoms with E-state index in [1.54, 1.807) is 11.8 Å². The van der Waals surface area contributed by atoms with Crippen molar-refractivity contribution < 1.29 is 14.6 Å². The van der Waals surface area contributed by atoms with Crippen molar-refractivity contribution in [2.24, 2.45) is 0 Å². The van der Waals surface area contributed by atoms with Crippen molar-refractivity contribution >= 4 is 17.7 Å². The highest BCUT2D eigenvalue weighted by molar-refractivity contribution is 8.00. The second-order valence-electron chi connectivity index (χ2n) is 3.48. The molecule has 1 aliphatic rings. The van der Waals surface area contributed by atoms with Crippen LogP contribution in [0.2, 0.25) is 0 Å². The number of carbonyl (C=O) groups is 1. The highest BCUT2D eigenvalue weighted by Crippen LogP contribution is 2.25. The van der Waals surface area contributed by atoms with E-state index in [9.17, 15) is 4.79 Å². The lowest BCUT2D eigenvalue weighted by molar-refractivity contribution is -0.120. The van der Waals surface area contributed by atoms with Gasteiger partial charge in [-0.05, 0) is 25.0 Å². The number of hydrogen-bond donors (Lipinski definition) is 2. The maximum Gasteiger partial charge on any atom is 0.233 e. The highest BCUT2D eigenvalue weighted by atomic mass is 32.2. The molecule has 1 unspecified atom stereocenters. The summed E-state index contributed by atoms with van der Waals surface area (Å²) in [6, 6.07) is 0. The Kier molecular flexibility index (Phi) is 6.80. The van der Waals surface area contributed by atoms with E-state index in [1.807, 2.05) is 0 Å². The predicted octanol–water partition coefficient (Wildman–Crippen LogP) is 0.397. The van der Waals surface area contributed by atoms with Crippen LogP contribution in [0.1, 0.15) is 19.3 Å². The Hall–Kier alpha value is -0.260. The normalized spacial score (nSPS) is 20.5. The zero-order valence-electron chi connectivity index (χ0n) is 8.91. The minimum absolute atomic E-state index is 0.0606. The van der Waals surface area contributed by atoms with Gasteiger partial charge >= 0.3 is 0 Å². The number of hydrogen-bond acceptors (Lipinski definition) is 4. The average molecular weight is 233 g/mol. The minimum atomic E-state index is 0.0606. The van der Waals surface area contributed by atoms with Crippen LogP contribution in [-0.2, 0) is 9.53 Å². The zero-order valence-corrected chi connectivity index (χ0v) is 9.72. The summed E-state index contributed by atoms with van der Waals surface area (Å²) in [6.45, 7) is 1.71. The third-order valence-corrected chi connectivity index (χ3v) is 3.60. The number of aliphatic hydroxyl groups excluding tert-OH is 1. The number of aliphatic hydroxyl groups is 1. The first kappa shape index (κ1) is 12.8. The molecule has 88 valence electrons. The molecule has 1 atom stereocenters. The molecule has 1 rings (SSSR count). The van der Waals surface area contributed by atoms with Gasteiger partial charge in [0, 0.05) is 13.2 Å². The van der Waals surface area contributed by atoms with Crippen LogP contribution in [0.3, 0.4) is 0 Å². The van der Waals surface area contributed by atoms with Gasteiger partial charge in [0.1, 0.15) is 0 Å². The molecule has 0 aliphatic carbocycles. The number of carbonyl (C=O) groups excluding carboxylic acids is 1. The van der Waals surface area contributed by atoms with Gasteiger partial charge in [0.05, 0.1) is 18.5 Å². The van der Waals surface area contributed by atoms with Crippen molar-refractivity contribution in [2.45, 2.75) is 24.5 Å². The van der Waals surface area contributed by atoms with Gasteiger partial charge in [-0.1, -0.05) is 0 Å². The van der Waals surface area contributed by atoms with Crippen LogP contribution >= 0.6 is 11.8 Å². The standard InChI is InChI=1S/C10H19NO3S/c12-5-7-14-6-2-4-11-10(13)9-3-1-8-15-9/h9,12H,1-8H2,(H,11,13). The number of ether oxygens (including phenoxy) is 1. The average Bonchev–Trinajstić information content (AvgIpc) is 2.76. The van der Waals surface area contributed by atoms with Crippen molar-refractivity contribution in [1.29, 1.82) is 0 Å². The van der Waals surface area contributed by atoms with Crippen LogP contribution < -0.4 is 5.32 Å². The van der Waals surface area contributed by atoms with E-state index < -0.39 is 0 Å². The second-order valence-corrected chi connectivity index (χ2v) is 4.79. The molecule has 1 amide bonds. The lowest BCUT2D eigenvalue weighted by Crippen LogP contribution is -2.32. The molecular formula is C10H19NO3S. The molecule has 0 radical (unpaired) electrons. The Morgan fingerprint density at radius 1 is 1.53 bits per heavy atom. The molecule has 1 fully saturated rings. The molecule has 2 N–H and O–H groups in total. The summed E-state index contributed by atoms with van der Waals surface area (Å²) in [5, 5.41) is 11.5. The SMILES string of the molecule is O=C(NCCCOCCO)C1CCCS1. The quantitative estimate of drug-likeness (QED) is 0.625. The van der Waals surface area contributed by atoms with Crippen LogP contribution in [0.25, 0.3) is 0 Å². The molecule has 1 saturated heterocycles. The topological polar surface area (TPSA) is 58.6 Å². The molecule has 0 aromatic heterocycles. The Balaban J connectivity index is 1.92. The third kappa shape index (κ3) is 5.39. The Morgan fingerprint density at radius 3 is 3.07 bits per heavy atom. The molecule has 0 aromatic carbocycles. The van der Waals surface area contributed by atoms with Crippen molar-refractivity contribution in [3.63, 3.8) is 0 Å². The highest BCUT2D eigenvalue weighted by Gasteiger charge is 2.22. The van der Waals surface area contributed by atoms with Crippen LogP contribution in [-0.4, -0.2) is 48.4 Å². The summed E-state index contributed by atoms with van der Waals surface area (Å²) in [5.41, 5.74) is 0. The van der Waals surface area contributed by atoms with E-state index in [-0.39, 0.29) is 17.8 Å². The molecule has 0 aromatic rings. The molecule has 0 saturated carbocycles. The fourth-order valence-corrected chi connectivity index (χ4v) is 2.64. The van der Waals surface area contributed by atoms with Gasteiger partial charge in [0.25, 0.3) is 0 Å². The third-order valence-electron chi connectivity index (χ3n) is 2.22. The molecule has 5 heteroatoms. The molecular weight excluding hydrogens is 214 g/mol. The molecule has 0 bridgehead atoms. The number of thioether (sulfide) groups is 1. The Morgan fingerprint density at radius 2 is 2.40 bits per heavy atom. The summed E-state index contributed by atoms with van der Waals surface area (Å²) in [6.07, 6.45) is 2.98. The summed E-state index contributed by atoms with van der Waals surface area (Å²) in [4.78, 5) is 11.5. The van der Waals surface area contributed by atoms with Crippen molar-refractivity contribution in [2.75, 3.05) is 32.1 Å². The van der Waals surface area contributed by atoms with Crippen molar-refractivity contribution in [1.82, 2.24) is 5.32 Å². The summed E-state index contributed by atoms with van der Waals surface area (Å²) >= 11 is 1.75. The van der Waals surface area contributed by atoms with Gasteiger partial charge in [0.15, 0.2) is 0 Å². The van der Waals surface area contributed by atoms with E-state index in [0.717, 1.165) is 25.0 Å². The van der Waals surface area contributed by atoms with Crippen LogP contribution in [0.4, 0.5) is 0 Å². The fourth-order valence-electron chi connectivity index (χ4n) is 1.45. The van der Waals surface area contributed by atoms with Crippen molar-refractivity contribution in [3.05, 3.63) is 0 Å². The summed E-state index contributed by atoms with van der Waals surface area (Å²) < 4.78 is 5.08. The largest absolute Gasteiger partial charge is 0.394 e. The molecule has 4 nitrogen and oxygen atoms in total. The second kappa shape index (κ2) is 7.96. The summed E-state index contributed by atoms with van der Waals surface area (Å²) in [7, 11) is 0. The first-order chi connectivity index (χ1) is 7.34. The first-order valence-electron chi connectivity index (χ1n) is 5.42. The van der Waals surface area contributed by atoms with E-state index in [0.29, 0.717) is 19.8 Å². The lowest BCUT2D eigenvalue weighted by Gasteiger charge is -2.09. The van der Waals surface area contributed by atoms with Gasteiger partial charge in [0.2, 0.25) is 5.91 Å². The lowest BCUT2D eigenvalue weighted by atomic mass is 10.2. The predicted molar refractivity (Wildman–Crippen MR) is 61.0 cm³/mol. The van der Waals surface area contributed by atoms with Gasteiger partial charge in [-0.3, -0.25) is 4.79 Å². The monoisotopic (exact) mass is 233 g/mol. The van der Waals surface area contributed by atoms with Gasteiger partial charge in [-0.15, -0.1) is 11.8 Å². The zero-order chi connectivity index (χ0) is 10.9. The van der Waals surface area contributed by atoms with E-state index >= 15 is 0 Å². The maximum absolute atomic E-state index is 11.5. The summed E-state index contributed by atoms with van der Waals surface area (Å²) in [5.74, 6) is 1.28. The van der Waals surface area contributed by atoms with Gasteiger partial charge < -0.3 is 15.2 Å².